The normalized spacial score (nSPS) is 11.2. The van der Waals surface area contributed by atoms with Gasteiger partial charge in [0.15, 0.2) is 0 Å². The molecule has 3 aromatic rings. The maximum atomic E-state index is 12.0. The molecule has 5 nitrogen and oxygen atoms in total. The summed E-state index contributed by atoms with van der Waals surface area (Å²) >= 11 is 0. The Balaban J connectivity index is 1.55. The van der Waals surface area contributed by atoms with Crippen molar-refractivity contribution in [2.75, 3.05) is 0 Å². The van der Waals surface area contributed by atoms with Crippen molar-refractivity contribution < 1.29 is 9.53 Å². The van der Waals surface area contributed by atoms with Gasteiger partial charge in [0.2, 0.25) is 5.91 Å². The number of carbonyl (C=O) groups is 1. The summed E-state index contributed by atoms with van der Waals surface area (Å²) in [5.74, 6) is 0.646. The summed E-state index contributed by atoms with van der Waals surface area (Å²) in [6.45, 7) is 4.43. The van der Waals surface area contributed by atoms with Crippen LogP contribution < -0.4 is 10.1 Å². The van der Waals surface area contributed by atoms with E-state index >= 15 is 0 Å². The van der Waals surface area contributed by atoms with Crippen LogP contribution in [0.2, 0.25) is 0 Å². The fourth-order valence-electron chi connectivity index (χ4n) is 2.42. The van der Waals surface area contributed by atoms with Crippen molar-refractivity contribution in [1.82, 2.24) is 15.3 Å². The minimum atomic E-state index is -0.178. The second-order valence-electron chi connectivity index (χ2n) is 6.15. The number of fused-ring (bicyclic) bond motifs is 1. The second kappa shape index (κ2) is 8.25. The van der Waals surface area contributed by atoms with Gasteiger partial charge in [-0.3, -0.25) is 9.78 Å². The molecule has 0 spiro atoms. The summed E-state index contributed by atoms with van der Waals surface area (Å²) < 4.78 is 5.60. The number of nitrogens with zero attached hydrogens (tertiary/aromatic N) is 2. The maximum absolute atomic E-state index is 12.0. The topological polar surface area (TPSA) is 64.1 Å². The number of rotatable bonds is 6. The lowest BCUT2D eigenvalue weighted by molar-refractivity contribution is -0.116. The van der Waals surface area contributed by atoms with Gasteiger partial charge in [-0.1, -0.05) is 24.3 Å². The minimum Gasteiger partial charge on any atom is -0.491 e. The molecule has 1 aromatic heterocycles. The zero-order chi connectivity index (χ0) is 18.4. The third-order valence-corrected chi connectivity index (χ3v) is 3.63. The van der Waals surface area contributed by atoms with E-state index < -0.39 is 0 Å². The Morgan fingerprint density at radius 1 is 1.12 bits per heavy atom. The fourth-order valence-corrected chi connectivity index (χ4v) is 2.42. The zero-order valence-electron chi connectivity index (χ0n) is 14.8. The largest absolute Gasteiger partial charge is 0.491 e. The van der Waals surface area contributed by atoms with E-state index in [0.717, 1.165) is 22.3 Å². The lowest BCUT2D eigenvalue weighted by Gasteiger charge is -2.10. The van der Waals surface area contributed by atoms with Gasteiger partial charge >= 0.3 is 0 Å². The van der Waals surface area contributed by atoms with Crippen LogP contribution in [0.4, 0.5) is 0 Å². The van der Waals surface area contributed by atoms with Gasteiger partial charge in [0.1, 0.15) is 5.75 Å². The summed E-state index contributed by atoms with van der Waals surface area (Å²) in [4.78, 5) is 20.8. The molecule has 0 unspecified atom stereocenters. The van der Waals surface area contributed by atoms with Crippen molar-refractivity contribution in [3.8, 4) is 5.75 Å². The molecule has 1 amide bonds. The molecular formula is C21H21N3O2. The van der Waals surface area contributed by atoms with E-state index in [-0.39, 0.29) is 12.0 Å². The van der Waals surface area contributed by atoms with Crippen molar-refractivity contribution in [2.24, 2.45) is 0 Å². The number of benzene rings is 2. The highest BCUT2D eigenvalue weighted by atomic mass is 16.5. The molecule has 3 rings (SSSR count). The number of para-hydroxylation sites is 2. The van der Waals surface area contributed by atoms with Crippen LogP contribution in [0.15, 0.2) is 60.8 Å². The molecule has 132 valence electrons. The van der Waals surface area contributed by atoms with Gasteiger partial charge in [0, 0.05) is 12.6 Å². The van der Waals surface area contributed by atoms with Crippen molar-refractivity contribution in [3.63, 3.8) is 0 Å². The average Bonchev–Trinajstić information content (AvgIpc) is 2.65. The monoisotopic (exact) mass is 347 g/mol. The molecule has 0 atom stereocenters. The summed E-state index contributed by atoms with van der Waals surface area (Å²) in [5.41, 5.74) is 3.29. The number of ether oxygens (including phenoxy) is 1. The van der Waals surface area contributed by atoms with Gasteiger partial charge in [-0.2, -0.15) is 0 Å². The van der Waals surface area contributed by atoms with Crippen molar-refractivity contribution in [3.05, 3.63) is 72.1 Å². The lowest BCUT2D eigenvalue weighted by Crippen LogP contribution is -2.20. The number of amides is 1. The third-order valence-electron chi connectivity index (χ3n) is 3.63. The van der Waals surface area contributed by atoms with E-state index in [9.17, 15) is 4.79 Å². The molecule has 1 heterocycles. The smallest absolute Gasteiger partial charge is 0.244 e. The predicted octanol–water partition coefficient (Wildman–Crippen LogP) is 3.75. The number of aromatic nitrogens is 2. The first kappa shape index (κ1) is 17.6. The number of hydrogen-bond donors (Lipinski definition) is 1. The minimum absolute atomic E-state index is 0.142. The van der Waals surface area contributed by atoms with Gasteiger partial charge < -0.3 is 10.1 Å². The van der Waals surface area contributed by atoms with Crippen LogP contribution in [0.5, 0.6) is 5.75 Å². The average molecular weight is 347 g/mol. The molecule has 0 aliphatic rings. The summed E-state index contributed by atoms with van der Waals surface area (Å²) in [5, 5.41) is 2.85. The second-order valence-corrected chi connectivity index (χ2v) is 6.15. The van der Waals surface area contributed by atoms with Crippen LogP contribution in [0, 0.1) is 0 Å². The van der Waals surface area contributed by atoms with Crippen LogP contribution in [0.25, 0.3) is 17.1 Å². The molecule has 0 saturated heterocycles. The molecule has 26 heavy (non-hydrogen) atoms. The maximum Gasteiger partial charge on any atom is 0.244 e. The molecule has 1 N–H and O–H groups in total. The first-order chi connectivity index (χ1) is 12.6. The highest BCUT2D eigenvalue weighted by Gasteiger charge is 2.01. The zero-order valence-corrected chi connectivity index (χ0v) is 14.8. The van der Waals surface area contributed by atoms with Crippen LogP contribution in [-0.2, 0) is 11.3 Å². The Hall–Kier alpha value is -3.21. The van der Waals surface area contributed by atoms with Gasteiger partial charge in [0.25, 0.3) is 0 Å². The van der Waals surface area contributed by atoms with E-state index in [4.69, 9.17) is 4.74 Å². The standard InChI is InChI=1S/C21H21N3O2/c1-15(2)26-18-10-7-16(8-11-18)13-23-21(25)12-9-17-14-22-19-5-3-4-6-20(19)24-17/h3-12,14-15H,13H2,1-2H3,(H,23,25)/b12-9+. The SMILES string of the molecule is CC(C)Oc1ccc(CNC(=O)/C=C/c2cnc3ccccc3n2)cc1. The van der Waals surface area contributed by atoms with Crippen molar-refractivity contribution >= 4 is 23.0 Å². The lowest BCUT2D eigenvalue weighted by atomic mass is 10.2. The molecule has 5 heteroatoms. The molecule has 0 aliphatic carbocycles. The molecule has 2 aromatic carbocycles. The van der Waals surface area contributed by atoms with E-state index in [1.54, 1.807) is 12.3 Å². The van der Waals surface area contributed by atoms with Crippen molar-refractivity contribution in [2.45, 2.75) is 26.5 Å². The van der Waals surface area contributed by atoms with Crippen LogP contribution in [0.1, 0.15) is 25.1 Å². The molecule has 0 saturated carbocycles. The van der Waals surface area contributed by atoms with Crippen LogP contribution in [-0.4, -0.2) is 22.0 Å². The fraction of sp³-hybridized carbons (Fsp3) is 0.190. The number of carbonyl (C=O) groups excluding carboxylic acids is 1. The van der Waals surface area contributed by atoms with E-state index in [1.807, 2.05) is 62.4 Å². The number of hydrogen-bond acceptors (Lipinski definition) is 4. The Morgan fingerprint density at radius 3 is 2.58 bits per heavy atom. The van der Waals surface area contributed by atoms with E-state index in [1.165, 1.54) is 6.08 Å². The summed E-state index contributed by atoms with van der Waals surface area (Å²) in [7, 11) is 0. The Labute approximate surface area is 152 Å². The first-order valence-corrected chi connectivity index (χ1v) is 8.53. The molecule has 0 fully saturated rings. The first-order valence-electron chi connectivity index (χ1n) is 8.53. The number of nitrogens with one attached hydrogen (secondary N) is 1. The molecular weight excluding hydrogens is 326 g/mol. The van der Waals surface area contributed by atoms with E-state index in [2.05, 4.69) is 15.3 Å². The van der Waals surface area contributed by atoms with Crippen LogP contribution in [0.3, 0.4) is 0 Å². The summed E-state index contributed by atoms with van der Waals surface area (Å²) in [6, 6.07) is 15.3. The Bertz CT molecular complexity index is 918. The highest BCUT2D eigenvalue weighted by molar-refractivity contribution is 5.91. The molecule has 0 bridgehead atoms. The summed E-state index contributed by atoms with van der Waals surface area (Å²) in [6.07, 6.45) is 4.92. The Kier molecular flexibility index (Phi) is 5.59. The van der Waals surface area contributed by atoms with Gasteiger partial charge in [0.05, 0.1) is 29.0 Å². The van der Waals surface area contributed by atoms with Gasteiger partial charge in [-0.15, -0.1) is 0 Å². The van der Waals surface area contributed by atoms with Gasteiger partial charge in [-0.25, -0.2) is 4.98 Å². The van der Waals surface area contributed by atoms with Gasteiger partial charge in [-0.05, 0) is 49.8 Å². The van der Waals surface area contributed by atoms with E-state index in [0.29, 0.717) is 12.2 Å². The van der Waals surface area contributed by atoms with Crippen LogP contribution >= 0.6 is 0 Å². The highest BCUT2D eigenvalue weighted by Crippen LogP contribution is 2.13. The quantitative estimate of drug-likeness (QED) is 0.690. The molecule has 0 radical (unpaired) electrons. The Morgan fingerprint density at radius 2 is 1.85 bits per heavy atom. The third kappa shape index (κ3) is 4.89. The van der Waals surface area contributed by atoms with Crippen molar-refractivity contribution in [1.29, 1.82) is 0 Å². The predicted molar refractivity (Wildman–Crippen MR) is 103 cm³/mol. The molecule has 0 aliphatic heterocycles.